The summed E-state index contributed by atoms with van der Waals surface area (Å²) in [5.41, 5.74) is 3.32. The van der Waals surface area contributed by atoms with Gasteiger partial charge in [0.05, 0.1) is 19.1 Å². The van der Waals surface area contributed by atoms with Crippen molar-refractivity contribution in [3.05, 3.63) is 82.9 Å². The van der Waals surface area contributed by atoms with Gasteiger partial charge in [0.15, 0.2) is 0 Å². The fourth-order valence-corrected chi connectivity index (χ4v) is 4.32. The average molecular weight is 315 g/mol. The molecule has 0 saturated heterocycles. The number of carbonyl (C=O) groups is 1. The Balaban J connectivity index is 2.01. The molecule has 0 aliphatic heterocycles. The van der Waals surface area contributed by atoms with Crippen LogP contribution in [-0.2, 0) is 21.4 Å². The Hall–Kier alpha value is -2.86. The van der Waals surface area contributed by atoms with Crippen LogP contribution in [0.2, 0.25) is 0 Å². The van der Waals surface area contributed by atoms with Crippen LogP contribution >= 0.6 is 0 Å². The van der Waals surface area contributed by atoms with Gasteiger partial charge in [0.1, 0.15) is 5.41 Å². The first-order valence-electron chi connectivity index (χ1n) is 8.07. The second-order valence-corrected chi connectivity index (χ2v) is 6.38. The lowest BCUT2D eigenvalue weighted by Crippen LogP contribution is -2.40. The average Bonchev–Trinajstić information content (AvgIpc) is 2.99. The first kappa shape index (κ1) is 14.7. The summed E-state index contributed by atoms with van der Waals surface area (Å²) in [6, 6.07) is 18.4. The molecule has 0 heterocycles. The van der Waals surface area contributed by atoms with Crippen molar-refractivity contribution < 1.29 is 9.53 Å². The quantitative estimate of drug-likeness (QED) is 0.628. The predicted octanol–water partition coefficient (Wildman–Crippen LogP) is 3.61. The highest BCUT2D eigenvalue weighted by Gasteiger charge is 2.55. The van der Waals surface area contributed by atoms with E-state index in [0.717, 1.165) is 28.7 Å². The third kappa shape index (κ3) is 1.80. The maximum Gasteiger partial charge on any atom is 0.320 e. The van der Waals surface area contributed by atoms with E-state index in [4.69, 9.17) is 4.74 Å². The largest absolute Gasteiger partial charge is 0.468 e. The molecule has 0 aromatic heterocycles. The van der Waals surface area contributed by atoms with E-state index in [0.29, 0.717) is 0 Å². The smallest absolute Gasteiger partial charge is 0.320 e. The molecule has 2 aromatic carbocycles. The highest BCUT2D eigenvalue weighted by molar-refractivity contribution is 5.91. The molecule has 2 aromatic rings. The summed E-state index contributed by atoms with van der Waals surface area (Å²) in [6.07, 6.45) is 4.53. The zero-order chi connectivity index (χ0) is 16.7. The molecular weight excluding hydrogens is 298 g/mol. The van der Waals surface area contributed by atoms with Crippen LogP contribution in [0.1, 0.15) is 34.1 Å². The molecule has 2 aliphatic carbocycles. The summed E-state index contributed by atoms with van der Waals surface area (Å²) >= 11 is 0. The molecule has 0 amide bonds. The fraction of sp³-hybridized carbons (Fsp3) is 0.238. The second kappa shape index (κ2) is 5.35. The molecule has 0 spiro atoms. The van der Waals surface area contributed by atoms with Gasteiger partial charge in [0, 0.05) is 5.92 Å². The number of methoxy groups -OCH3 is 1. The lowest BCUT2D eigenvalue weighted by atomic mass is 9.66. The first-order valence-corrected chi connectivity index (χ1v) is 8.07. The predicted molar refractivity (Wildman–Crippen MR) is 90.5 cm³/mol. The number of hydrogen-bond acceptors (Lipinski definition) is 3. The Kier molecular flexibility index (Phi) is 3.28. The number of nitrogens with zero attached hydrogens (tertiary/aromatic N) is 1. The van der Waals surface area contributed by atoms with Crippen LogP contribution in [0, 0.1) is 11.3 Å². The van der Waals surface area contributed by atoms with E-state index in [9.17, 15) is 10.1 Å². The van der Waals surface area contributed by atoms with E-state index in [-0.39, 0.29) is 17.8 Å². The zero-order valence-corrected chi connectivity index (χ0v) is 13.4. The number of esters is 1. The van der Waals surface area contributed by atoms with Gasteiger partial charge < -0.3 is 4.74 Å². The van der Waals surface area contributed by atoms with Crippen molar-refractivity contribution in [2.75, 3.05) is 7.11 Å². The number of nitriles is 1. The van der Waals surface area contributed by atoms with E-state index in [1.807, 2.05) is 42.5 Å². The van der Waals surface area contributed by atoms with Crippen LogP contribution in [0.15, 0.2) is 60.7 Å². The van der Waals surface area contributed by atoms with Crippen molar-refractivity contribution in [1.82, 2.24) is 0 Å². The maximum atomic E-state index is 12.9. The molecule has 0 unspecified atom stereocenters. The summed E-state index contributed by atoms with van der Waals surface area (Å²) in [7, 11) is 1.43. The Morgan fingerprint density at radius 1 is 1.21 bits per heavy atom. The zero-order valence-electron chi connectivity index (χ0n) is 13.4. The molecule has 0 radical (unpaired) electrons. The van der Waals surface area contributed by atoms with Crippen molar-refractivity contribution in [3.8, 4) is 6.07 Å². The molecule has 0 N–H and O–H groups in total. The molecule has 0 saturated carbocycles. The van der Waals surface area contributed by atoms with Crippen LogP contribution in [0.4, 0.5) is 0 Å². The Morgan fingerprint density at radius 3 is 2.71 bits per heavy atom. The highest BCUT2D eigenvalue weighted by Crippen LogP contribution is 2.55. The van der Waals surface area contributed by atoms with Gasteiger partial charge in [-0.05, 0) is 28.7 Å². The van der Waals surface area contributed by atoms with Crippen molar-refractivity contribution in [1.29, 1.82) is 5.26 Å². The molecule has 2 aliphatic rings. The van der Waals surface area contributed by atoms with Gasteiger partial charge >= 0.3 is 5.97 Å². The van der Waals surface area contributed by atoms with E-state index in [1.54, 1.807) is 0 Å². The second-order valence-electron chi connectivity index (χ2n) is 6.38. The third-order valence-electron chi connectivity index (χ3n) is 5.32. The molecule has 0 bridgehead atoms. The number of benzene rings is 2. The van der Waals surface area contributed by atoms with Gasteiger partial charge in [0.2, 0.25) is 0 Å². The minimum atomic E-state index is -0.838. The van der Waals surface area contributed by atoms with Crippen molar-refractivity contribution in [3.63, 3.8) is 0 Å². The van der Waals surface area contributed by atoms with Crippen molar-refractivity contribution in [2.24, 2.45) is 0 Å². The standard InChI is InChI=1S/C21H17NO2/c1-24-20(23)21-11-10-16(13-22)17-9-5-8-15(19(17)21)12-18(21)14-6-3-2-4-7-14/h2-11,16,18H,12H2,1H3/t16-,18-,21+/m0/s1. The van der Waals surface area contributed by atoms with Gasteiger partial charge in [-0.25, -0.2) is 0 Å². The minimum absolute atomic E-state index is 0.0156. The first-order chi connectivity index (χ1) is 11.7. The number of hydrogen-bond donors (Lipinski definition) is 0. The molecule has 118 valence electrons. The number of ether oxygens (including phenoxy) is 1. The lowest BCUT2D eigenvalue weighted by molar-refractivity contribution is -0.146. The summed E-state index contributed by atoms with van der Waals surface area (Å²) in [6.45, 7) is 0. The SMILES string of the molecule is COC(=O)[C@@]12C=C[C@@H](C#N)c3cccc(c31)C[C@H]2c1ccccc1. The summed E-state index contributed by atoms with van der Waals surface area (Å²) < 4.78 is 5.22. The topological polar surface area (TPSA) is 50.1 Å². The molecule has 3 heteroatoms. The maximum absolute atomic E-state index is 12.9. The third-order valence-corrected chi connectivity index (χ3v) is 5.32. The van der Waals surface area contributed by atoms with E-state index < -0.39 is 5.41 Å². The molecule has 3 nitrogen and oxygen atoms in total. The van der Waals surface area contributed by atoms with Crippen LogP contribution in [0.5, 0.6) is 0 Å². The van der Waals surface area contributed by atoms with Crippen molar-refractivity contribution >= 4 is 5.97 Å². The number of allylic oxidation sites excluding steroid dienone is 1. The van der Waals surface area contributed by atoms with Crippen molar-refractivity contribution in [2.45, 2.75) is 23.7 Å². The number of rotatable bonds is 2. The van der Waals surface area contributed by atoms with Crippen LogP contribution in [-0.4, -0.2) is 13.1 Å². The lowest BCUT2D eigenvalue weighted by Gasteiger charge is -2.35. The van der Waals surface area contributed by atoms with Gasteiger partial charge in [-0.3, -0.25) is 4.79 Å². The molecule has 0 fully saturated rings. The van der Waals surface area contributed by atoms with E-state index in [2.05, 4.69) is 24.3 Å². The highest BCUT2D eigenvalue weighted by atomic mass is 16.5. The molecule has 3 atom stereocenters. The van der Waals surface area contributed by atoms with Gasteiger partial charge in [-0.2, -0.15) is 5.26 Å². The van der Waals surface area contributed by atoms with E-state index in [1.165, 1.54) is 7.11 Å². The minimum Gasteiger partial charge on any atom is -0.468 e. The Bertz CT molecular complexity index is 878. The Labute approximate surface area is 141 Å². The fourth-order valence-electron chi connectivity index (χ4n) is 4.32. The molecular formula is C21H17NO2. The van der Waals surface area contributed by atoms with Gasteiger partial charge in [0.25, 0.3) is 0 Å². The molecule has 4 rings (SSSR count). The van der Waals surface area contributed by atoms with Crippen LogP contribution in [0.3, 0.4) is 0 Å². The molecule has 24 heavy (non-hydrogen) atoms. The summed E-state index contributed by atoms with van der Waals surface area (Å²) in [5.74, 6) is -0.583. The summed E-state index contributed by atoms with van der Waals surface area (Å²) in [4.78, 5) is 12.9. The monoisotopic (exact) mass is 315 g/mol. The summed E-state index contributed by atoms with van der Waals surface area (Å²) in [5, 5.41) is 9.48. The van der Waals surface area contributed by atoms with Crippen LogP contribution in [0.25, 0.3) is 0 Å². The Morgan fingerprint density at radius 2 is 2.00 bits per heavy atom. The van der Waals surface area contributed by atoms with Gasteiger partial charge in [-0.1, -0.05) is 60.7 Å². The number of carbonyl (C=O) groups excluding carboxylic acids is 1. The van der Waals surface area contributed by atoms with E-state index >= 15 is 0 Å². The van der Waals surface area contributed by atoms with Crippen LogP contribution < -0.4 is 0 Å². The van der Waals surface area contributed by atoms with Gasteiger partial charge in [-0.15, -0.1) is 0 Å². The normalized spacial score (nSPS) is 26.5.